The minimum absolute atomic E-state index is 0.140. The van der Waals surface area contributed by atoms with Crippen LogP contribution in [0.25, 0.3) is 0 Å². The van der Waals surface area contributed by atoms with Crippen molar-refractivity contribution in [3.8, 4) is 5.75 Å². The molecule has 0 aliphatic rings. The molecule has 0 saturated heterocycles. The van der Waals surface area contributed by atoms with Crippen LogP contribution in [-0.2, 0) is 9.53 Å². The van der Waals surface area contributed by atoms with Crippen molar-refractivity contribution in [2.75, 3.05) is 6.61 Å². The number of rotatable bonds is 6. The van der Waals surface area contributed by atoms with Gasteiger partial charge in [0.05, 0.1) is 0 Å². The van der Waals surface area contributed by atoms with Crippen LogP contribution in [0.4, 0.5) is 0 Å². The third-order valence-corrected chi connectivity index (χ3v) is 4.30. The Balaban J connectivity index is 1.74. The van der Waals surface area contributed by atoms with Crippen molar-refractivity contribution in [3.05, 3.63) is 94.8 Å². The molecule has 0 aliphatic heterocycles. The zero-order valence-electron chi connectivity index (χ0n) is 15.8. The summed E-state index contributed by atoms with van der Waals surface area (Å²) in [5.41, 5.74) is 4.96. The van der Waals surface area contributed by atoms with Crippen LogP contribution < -0.4 is 4.74 Å². The molecule has 0 spiro atoms. The van der Waals surface area contributed by atoms with Gasteiger partial charge in [-0.1, -0.05) is 48.0 Å². The number of hydrogen-bond acceptors (Lipinski definition) is 4. The van der Waals surface area contributed by atoms with E-state index in [-0.39, 0.29) is 6.61 Å². The Hall–Kier alpha value is -3.14. The molecule has 0 N–H and O–H groups in total. The summed E-state index contributed by atoms with van der Waals surface area (Å²) in [4.78, 5) is 16.5. The fourth-order valence-corrected chi connectivity index (χ4v) is 3.19. The number of hydrogen-bond donors (Lipinski definition) is 0. The molecule has 0 aliphatic carbocycles. The average Bonchev–Trinajstić information content (AvgIpc) is 2.66. The van der Waals surface area contributed by atoms with E-state index in [0.717, 1.165) is 28.0 Å². The second-order valence-corrected chi connectivity index (χ2v) is 6.58. The van der Waals surface area contributed by atoms with E-state index in [2.05, 4.69) is 4.98 Å². The Morgan fingerprint density at radius 3 is 2.15 bits per heavy atom. The van der Waals surface area contributed by atoms with Crippen molar-refractivity contribution >= 4 is 5.97 Å². The number of aromatic nitrogens is 1. The number of ether oxygens (including phenoxy) is 2. The first-order valence-electron chi connectivity index (χ1n) is 8.89. The molecule has 3 rings (SSSR count). The number of nitrogens with zero attached hydrogens (tertiary/aromatic N) is 1. The molecule has 4 heteroatoms. The van der Waals surface area contributed by atoms with E-state index < -0.39 is 12.1 Å². The van der Waals surface area contributed by atoms with E-state index in [1.807, 2.05) is 75.4 Å². The Kier molecular flexibility index (Phi) is 5.87. The van der Waals surface area contributed by atoms with Gasteiger partial charge in [0.2, 0.25) is 0 Å². The summed E-state index contributed by atoms with van der Waals surface area (Å²) in [5, 5.41) is 0. The summed E-state index contributed by atoms with van der Waals surface area (Å²) in [6.07, 6.45) is 2.88. The quantitative estimate of drug-likeness (QED) is 0.596. The highest BCUT2D eigenvalue weighted by atomic mass is 16.6. The maximum absolute atomic E-state index is 12.5. The Morgan fingerprint density at radius 1 is 0.926 bits per heavy atom. The first kappa shape index (κ1) is 18.6. The topological polar surface area (TPSA) is 48.4 Å². The Labute approximate surface area is 159 Å². The monoisotopic (exact) mass is 361 g/mol. The van der Waals surface area contributed by atoms with Crippen LogP contribution in [0, 0.1) is 20.8 Å². The molecule has 0 fully saturated rings. The largest absolute Gasteiger partial charge is 0.481 e. The fraction of sp³-hybridized carbons (Fsp3) is 0.217. The van der Waals surface area contributed by atoms with Crippen LogP contribution in [-0.4, -0.2) is 17.6 Å². The maximum Gasteiger partial charge on any atom is 0.345 e. The van der Waals surface area contributed by atoms with Gasteiger partial charge in [-0.05, 0) is 49.6 Å². The van der Waals surface area contributed by atoms with Crippen molar-refractivity contribution in [2.45, 2.75) is 26.9 Å². The molecule has 0 unspecified atom stereocenters. The van der Waals surface area contributed by atoms with Gasteiger partial charge in [-0.15, -0.1) is 0 Å². The lowest BCUT2D eigenvalue weighted by Gasteiger charge is -2.19. The third-order valence-electron chi connectivity index (χ3n) is 4.30. The summed E-state index contributed by atoms with van der Waals surface area (Å²) in [7, 11) is 0. The SMILES string of the molecule is Cc1cc(C)c(OCC(=O)O[C@H](c2ccccc2)c2ccncc2)c(C)c1. The zero-order chi connectivity index (χ0) is 19.2. The number of esters is 1. The minimum Gasteiger partial charge on any atom is -0.481 e. The molecule has 0 radical (unpaired) electrons. The lowest BCUT2D eigenvalue weighted by molar-refractivity contribution is -0.150. The number of pyridine rings is 1. The highest BCUT2D eigenvalue weighted by Crippen LogP contribution is 2.27. The van der Waals surface area contributed by atoms with Crippen LogP contribution >= 0.6 is 0 Å². The lowest BCUT2D eigenvalue weighted by atomic mass is 10.0. The average molecular weight is 361 g/mol. The molecule has 2 aromatic carbocycles. The van der Waals surface area contributed by atoms with Gasteiger partial charge in [-0.2, -0.15) is 0 Å². The van der Waals surface area contributed by atoms with Crippen molar-refractivity contribution < 1.29 is 14.3 Å². The molecule has 27 heavy (non-hydrogen) atoms. The second kappa shape index (κ2) is 8.49. The molecular weight excluding hydrogens is 338 g/mol. The number of aryl methyl sites for hydroxylation is 3. The predicted molar refractivity (Wildman–Crippen MR) is 105 cm³/mol. The number of carbonyl (C=O) groups is 1. The van der Waals surface area contributed by atoms with Crippen molar-refractivity contribution in [2.24, 2.45) is 0 Å². The maximum atomic E-state index is 12.5. The third kappa shape index (κ3) is 4.73. The van der Waals surface area contributed by atoms with Crippen LogP contribution in [0.5, 0.6) is 5.75 Å². The highest BCUT2D eigenvalue weighted by molar-refractivity contribution is 5.72. The van der Waals surface area contributed by atoms with Gasteiger partial charge < -0.3 is 9.47 Å². The van der Waals surface area contributed by atoms with E-state index in [0.29, 0.717) is 0 Å². The minimum atomic E-state index is -0.495. The molecule has 3 aromatic rings. The van der Waals surface area contributed by atoms with Gasteiger partial charge in [-0.25, -0.2) is 4.79 Å². The molecule has 0 bridgehead atoms. The molecule has 1 aromatic heterocycles. The Morgan fingerprint density at radius 2 is 1.52 bits per heavy atom. The molecule has 0 amide bonds. The summed E-state index contributed by atoms with van der Waals surface area (Å²) >= 11 is 0. The highest BCUT2D eigenvalue weighted by Gasteiger charge is 2.19. The van der Waals surface area contributed by atoms with E-state index in [1.165, 1.54) is 5.56 Å². The van der Waals surface area contributed by atoms with E-state index in [4.69, 9.17) is 9.47 Å². The normalized spacial score (nSPS) is 11.7. The molecule has 4 nitrogen and oxygen atoms in total. The summed E-state index contributed by atoms with van der Waals surface area (Å²) in [6.45, 7) is 5.85. The zero-order valence-corrected chi connectivity index (χ0v) is 15.8. The molecule has 1 atom stereocenters. The van der Waals surface area contributed by atoms with Gasteiger partial charge in [0.25, 0.3) is 0 Å². The van der Waals surface area contributed by atoms with Crippen LogP contribution in [0.15, 0.2) is 67.0 Å². The van der Waals surface area contributed by atoms with Crippen molar-refractivity contribution in [3.63, 3.8) is 0 Å². The molecule has 1 heterocycles. The van der Waals surface area contributed by atoms with Crippen molar-refractivity contribution in [1.29, 1.82) is 0 Å². The van der Waals surface area contributed by atoms with Crippen LogP contribution in [0.3, 0.4) is 0 Å². The van der Waals surface area contributed by atoms with Gasteiger partial charge in [-0.3, -0.25) is 4.98 Å². The van der Waals surface area contributed by atoms with Crippen LogP contribution in [0.1, 0.15) is 33.9 Å². The predicted octanol–water partition coefficient (Wildman–Crippen LogP) is 4.72. The van der Waals surface area contributed by atoms with E-state index in [1.54, 1.807) is 12.4 Å². The fourth-order valence-electron chi connectivity index (χ4n) is 3.19. The summed E-state index contributed by atoms with van der Waals surface area (Å²) < 4.78 is 11.5. The van der Waals surface area contributed by atoms with Gasteiger partial charge in [0.1, 0.15) is 5.75 Å². The second-order valence-electron chi connectivity index (χ2n) is 6.58. The molecular formula is C23H23NO3. The first-order chi connectivity index (χ1) is 13.0. The lowest BCUT2D eigenvalue weighted by Crippen LogP contribution is -2.19. The summed E-state index contributed by atoms with van der Waals surface area (Å²) in [6, 6.07) is 17.4. The number of benzene rings is 2. The van der Waals surface area contributed by atoms with Gasteiger partial charge >= 0.3 is 5.97 Å². The standard InChI is InChI=1S/C23H23NO3/c1-16-13-17(2)22(18(3)14-16)26-15-21(25)27-23(19-7-5-4-6-8-19)20-9-11-24-12-10-20/h4-14,23H,15H2,1-3H3/t23-/m1/s1. The number of carbonyl (C=O) groups excluding carboxylic acids is 1. The van der Waals surface area contributed by atoms with Crippen molar-refractivity contribution in [1.82, 2.24) is 4.98 Å². The summed E-state index contributed by atoms with van der Waals surface area (Å²) in [5.74, 6) is 0.317. The van der Waals surface area contributed by atoms with E-state index in [9.17, 15) is 4.79 Å². The smallest absolute Gasteiger partial charge is 0.345 e. The van der Waals surface area contributed by atoms with E-state index >= 15 is 0 Å². The molecule has 0 saturated carbocycles. The first-order valence-corrected chi connectivity index (χ1v) is 8.89. The van der Waals surface area contributed by atoms with Crippen LogP contribution in [0.2, 0.25) is 0 Å². The molecule has 138 valence electrons. The van der Waals surface area contributed by atoms with Gasteiger partial charge in [0.15, 0.2) is 12.7 Å². The van der Waals surface area contributed by atoms with Gasteiger partial charge in [0, 0.05) is 18.0 Å². The Bertz CT molecular complexity index is 845.